The molecule has 6 heterocycles. The molecule has 0 radical (unpaired) electrons. The van der Waals surface area contributed by atoms with Crippen molar-refractivity contribution in [1.82, 2.24) is 24.1 Å². The average molecular weight is 1020 g/mol. The van der Waals surface area contributed by atoms with Gasteiger partial charge in [-0.05, 0) is 113 Å². The number of aromatic nitrogens is 5. The van der Waals surface area contributed by atoms with E-state index in [1.807, 2.05) is 23.5 Å². The Balaban J connectivity index is 0.832. The van der Waals surface area contributed by atoms with Crippen molar-refractivity contribution < 1.29 is 4.42 Å². The molecule has 11 aromatic carbocycles. The zero-order chi connectivity index (χ0) is 50.3. The van der Waals surface area contributed by atoms with E-state index in [4.69, 9.17) is 19.4 Å². The fourth-order valence-corrected chi connectivity index (χ4v) is 14.4. The van der Waals surface area contributed by atoms with E-state index in [-0.39, 0.29) is 0 Å². The minimum absolute atomic E-state index is 0.554. The smallest absolute Gasteiger partial charge is 0.238 e. The largest absolute Gasteiger partial charge is 0.456 e. The van der Waals surface area contributed by atoms with Gasteiger partial charge in [-0.15, -0.1) is 22.7 Å². The van der Waals surface area contributed by atoms with Gasteiger partial charge < -0.3 is 8.98 Å². The Morgan fingerprint density at radius 2 is 0.870 bits per heavy atom. The molecular formula is C69H39N5OS2. The van der Waals surface area contributed by atoms with Crippen molar-refractivity contribution in [3.63, 3.8) is 0 Å². The van der Waals surface area contributed by atoms with Gasteiger partial charge in [-0.3, -0.25) is 4.57 Å². The molecule has 0 saturated carbocycles. The highest BCUT2D eigenvalue weighted by Gasteiger charge is 2.23. The van der Waals surface area contributed by atoms with Crippen molar-refractivity contribution in [3.05, 3.63) is 237 Å². The van der Waals surface area contributed by atoms with Crippen LogP contribution in [0.25, 0.3) is 163 Å². The summed E-state index contributed by atoms with van der Waals surface area (Å²) < 4.78 is 16.2. The Hall–Kier alpha value is -9.73. The molecule has 6 nitrogen and oxygen atoms in total. The van der Waals surface area contributed by atoms with Crippen molar-refractivity contribution in [2.75, 3.05) is 0 Å². The van der Waals surface area contributed by atoms with Gasteiger partial charge in [0.2, 0.25) is 5.95 Å². The summed E-state index contributed by atoms with van der Waals surface area (Å²) in [7, 11) is 0. The number of furan rings is 1. The summed E-state index contributed by atoms with van der Waals surface area (Å²) in [6.45, 7) is 0. The van der Waals surface area contributed by atoms with Crippen molar-refractivity contribution in [2.24, 2.45) is 0 Å². The van der Waals surface area contributed by atoms with Crippen LogP contribution in [0, 0.1) is 0 Å². The van der Waals surface area contributed by atoms with Crippen LogP contribution < -0.4 is 0 Å². The minimum Gasteiger partial charge on any atom is -0.456 e. The summed E-state index contributed by atoms with van der Waals surface area (Å²) in [4.78, 5) is 16.2. The lowest BCUT2D eigenvalue weighted by Gasteiger charge is -2.11. The fraction of sp³-hybridized carbons (Fsp3) is 0. The second-order valence-corrected chi connectivity index (χ2v) is 22.0. The zero-order valence-corrected chi connectivity index (χ0v) is 42.6. The van der Waals surface area contributed by atoms with Crippen molar-refractivity contribution in [3.8, 4) is 56.7 Å². The quantitative estimate of drug-likeness (QED) is 0.166. The van der Waals surface area contributed by atoms with Gasteiger partial charge in [-0.2, -0.15) is 9.97 Å². The van der Waals surface area contributed by atoms with Crippen molar-refractivity contribution in [1.29, 1.82) is 0 Å². The molecule has 0 bridgehead atoms. The molecule has 17 aromatic rings. The fourth-order valence-electron chi connectivity index (χ4n) is 12.2. The number of hydrogen-bond acceptors (Lipinski definition) is 6. The Kier molecular flexibility index (Phi) is 9.07. The summed E-state index contributed by atoms with van der Waals surface area (Å²) in [5.74, 6) is 1.73. The molecule has 0 aliphatic rings. The normalized spacial score (nSPS) is 12.2. The van der Waals surface area contributed by atoms with Crippen LogP contribution in [0.3, 0.4) is 0 Å². The second kappa shape index (κ2) is 16.4. The van der Waals surface area contributed by atoms with E-state index in [0.29, 0.717) is 17.6 Å². The molecule has 0 aliphatic heterocycles. The highest BCUT2D eigenvalue weighted by Crippen LogP contribution is 2.45. The Bertz CT molecular complexity index is 5260. The Morgan fingerprint density at radius 3 is 1.69 bits per heavy atom. The van der Waals surface area contributed by atoms with E-state index < -0.39 is 0 Å². The van der Waals surface area contributed by atoms with E-state index >= 15 is 0 Å². The van der Waals surface area contributed by atoms with Gasteiger partial charge in [-0.25, -0.2) is 4.98 Å². The van der Waals surface area contributed by atoms with Crippen LogP contribution in [0.1, 0.15) is 0 Å². The van der Waals surface area contributed by atoms with E-state index in [9.17, 15) is 0 Å². The van der Waals surface area contributed by atoms with Gasteiger partial charge in [0, 0.05) is 89.5 Å². The molecule has 358 valence electrons. The van der Waals surface area contributed by atoms with E-state index in [2.05, 4.69) is 234 Å². The number of thiophene rings is 2. The maximum Gasteiger partial charge on any atom is 0.238 e. The van der Waals surface area contributed by atoms with Crippen LogP contribution in [0.2, 0.25) is 0 Å². The van der Waals surface area contributed by atoms with Crippen LogP contribution in [-0.2, 0) is 0 Å². The summed E-state index contributed by atoms with van der Waals surface area (Å²) in [6.07, 6.45) is 0. The second-order valence-electron chi connectivity index (χ2n) is 19.9. The predicted octanol–water partition coefficient (Wildman–Crippen LogP) is 19.4. The van der Waals surface area contributed by atoms with Gasteiger partial charge in [0.05, 0.1) is 22.1 Å². The first-order valence-corrected chi connectivity index (χ1v) is 27.5. The zero-order valence-electron chi connectivity index (χ0n) is 41.0. The number of nitrogens with zero attached hydrogens (tertiary/aromatic N) is 5. The third-order valence-corrected chi connectivity index (χ3v) is 17.9. The lowest BCUT2D eigenvalue weighted by atomic mass is 9.96. The third-order valence-electron chi connectivity index (χ3n) is 15.6. The molecule has 8 heteroatoms. The minimum atomic E-state index is 0.554. The maximum absolute atomic E-state index is 6.70. The van der Waals surface area contributed by atoms with Crippen LogP contribution in [0.4, 0.5) is 0 Å². The number of benzene rings is 11. The van der Waals surface area contributed by atoms with Gasteiger partial charge in [0.15, 0.2) is 11.6 Å². The van der Waals surface area contributed by atoms with Gasteiger partial charge in [0.25, 0.3) is 0 Å². The Morgan fingerprint density at radius 1 is 0.299 bits per heavy atom. The molecule has 0 unspecified atom stereocenters. The van der Waals surface area contributed by atoms with Gasteiger partial charge in [-0.1, -0.05) is 146 Å². The molecule has 0 saturated heterocycles. The van der Waals surface area contributed by atoms with E-state index in [1.165, 1.54) is 73.3 Å². The number of hydrogen-bond donors (Lipinski definition) is 0. The third kappa shape index (κ3) is 6.43. The standard InChI is InChI=1S/C69H39N5OS2/c1-2-14-44(15-3-1)73-55-22-8-6-18-48(55)52-38-42(29-33-58(52)73)45-20-13-27-63-66(45)54-37-41(31-35-62(54)76-63)40-30-34-59-53(36-40)65-51(21-12-25-60(65)75-59)68-70-67(43-28-32-50-49-19-7-11-26-61(49)77-64(50)39-43)71-69(72-68)74-56-23-9-4-16-46(56)47-17-5-10-24-57(47)74/h1-39H. The maximum atomic E-state index is 6.70. The predicted molar refractivity (Wildman–Crippen MR) is 323 cm³/mol. The van der Waals surface area contributed by atoms with Crippen LogP contribution in [-0.4, -0.2) is 24.1 Å². The molecule has 0 amide bonds. The molecule has 0 aliphatic carbocycles. The van der Waals surface area contributed by atoms with Crippen LogP contribution >= 0.6 is 22.7 Å². The Labute approximate surface area is 447 Å². The monoisotopic (exact) mass is 1020 g/mol. The van der Waals surface area contributed by atoms with E-state index in [0.717, 1.165) is 71.7 Å². The van der Waals surface area contributed by atoms with E-state index in [1.54, 1.807) is 11.3 Å². The summed E-state index contributed by atoms with van der Waals surface area (Å²) in [5.41, 5.74) is 13.7. The summed E-state index contributed by atoms with van der Waals surface area (Å²) >= 11 is 3.64. The molecule has 0 N–H and O–H groups in total. The molecule has 0 fully saturated rings. The van der Waals surface area contributed by atoms with Crippen LogP contribution in [0.5, 0.6) is 0 Å². The number of fused-ring (bicyclic) bond motifs is 15. The molecule has 0 atom stereocenters. The van der Waals surface area contributed by atoms with Gasteiger partial charge in [0.1, 0.15) is 11.2 Å². The van der Waals surface area contributed by atoms with Gasteiger partial charge >= 0.3 is 0 Å². The number of rotatable bonds is 6. The lowest BCUT2D eigenvalue weighted by molar-refractivity contribution is 0.669. The number of para-hydroxylation sites is 4. The summed E-state index contributed by atoms with van der Waals surface area (Å²) in [5, 5.41) is 11.7. The highest BCUT2D eigenvalue weighted by atomic mass is 32.1. The molecule has 0 spiro atoms. The SMILES string of the molecule is c1ccc(-n2c3ccccc3c3cc(-c4cccc5sc6ccc(-c7ccc8oc9cccc(-c%10nc(-c%11ccc%12c(c%11)sc%11ccccc%11%12)nc(-n%11c%12ccccc%12c%12ccccc%12%11)n%10)c9c8c7)cc6c45)ccc32)cc1. The molecular weight excluding hydrogens is 979 g/mol. The lowest BCUT2D eigenvalue weighted by Crippen LogP contribution is -2.06. The van der Waals surface area contributed by atoms with Crippen molar-refractivity contribution in [2.45, 2.75) is 0 Å². The highest BCUT2D eigenvalue weighted by molar-refractivity contribution is 7.26. The first kappa shape index (κ1) is 42.6. The van der Waals surface area contributed by atoms with Crippen molar-refractivity contribution >= 4 is 129 Å². The first-order chi connectivity index (χ1) is 38.1. The summed E-state index contributed by atoms with van der Waals surface area (Å²) in [6, 6.07) is 85.0. The topological polar surface area (TPSA) is 61.7 Å². The molecule has 6 aromatic heterocycles. The van der Waals surface area contributed by atoms with Crippen LogP contribution in [0.15, 0.2) is 241 Å². The average Bonchev–Trinajstić information content (AvgIpc) is 4.31. The first-order valence-electron chi connectivity index (χ1n) is 25.8. The molecule has 17 rings (SSSR count). The molecule has 77 heavy (non-hydrogen) atoms.